The maximum absolute atomic E-state index is 11.8. The lowest BCUT2D eigenvalue weighted by Crippen LogP contribution is -2.47. The minimum absolute atomic E-state index is 0.102. The molecule has 6 nitrogen and oxygen atoms in total. The Bertz CT molecular complexity index is 380. The number of hydrogen-bond donors (Lipinski definition) is 2. The highest BCUT2D eigenvalue weighted by Crippen LogP contribution is 2.21. The van der Waals surface area contributed by atoms with Crippen molar-refractivity contribution in [3.05, 3.63) is 0 Å². The molecule has 6 heteroatoms. The van der Waals surface area contributed by atoms with Crippen LogP contribution in [0.2, 0.25) is 0 Å². The van der Waals surface area contributed by atoms with Gasteiger partial charge in [0.1, 0.15) is 12.1 Å². The summed E-state index contributed by atoms with van der Waals surface area (Å²) in [6.07, 6.45) is 3.28. The monoisotopic (exact) mass is 285 g/mol. The number of carboxylic acid groups (broad SMARTS) is 1. The molecular formula is C14H23NO5. The van der Waals surface area contributed by atoms with E-state index < -0.39 is 29.3 Å². The minimum Gasteiger partial charge on any atom is -0.480 e. The second-order valence-corrected chi connectivity index (χ2v) is 6.21. The zero-order chi connectivity index (χ0) is 15.3. The van der Waals surface area contributed by atoms with E-state index in [1.165, 1.54) is 0 Å². The molecule has 114 valence electrons. The third-order valence-corrected chi connectivity index (χ3v) is 3.26. The quantitative estimate of drug-likeness (QED) is 0.746. The third-order valence-electron chi connectivity index (χ3n) is 3.26. The lowest BCUT2D eigenvalue weighted by molar-refractivity contribution is -0.154. The van der Waals surface area contributed by atoms with Crippen molar-refractivity contribution in [3.63, 3.8) is 0 Å². The van der Waals surface area contributed by atoms with Crippen LogP contribution in [0.1, 0.15) is 52.9 Å². The zero-order valence-corrected chi connectivity index (χ0v) is 12.3. The molecule has 1 aliphatic rings. The van der Waals surface area contributed by atoms with Gasteiger partial charge in [-0.15, -0.1) is 0 Å². The molecule has 0 spiro atoms. The summed E-state index contributed by atoms with van der Waals surface area (Å²) in [5.74, 6) is -2.21. The number of carbonyl (C=O) groups excluding carboxylic acids is 2. The second-order valence-electron chi connectivity index (χ2n) is 6.21. The number of ether oxygens (including phenoxy) is 1. The molecule has 0 heterocycles. The summed E-state index contributed by atoms with van der Waals surface area (Å²) in [4.78, 5) is 34.6. The lowest BCUT2D eigenvalue weighted by atomic mass is 9.95. The summed E-state index contributed by atoms with van der Waals surface area (Å²) >= 11 is 0. The number of rotatable bonds is 5. The van der Waals surface area contributed by atoms with Crippen LogP contribution < -0.4 is 5.32 Å². The predicted molar refractivity (Wildman–Crippen MR) is 72.0 cm³/mol. The zero-order valence-electron chi connectivity index (χ0n) is 12.3. The van der Waals surface area contributed by atoms with E-state index in [1.54, 1.807) is 20.8 Å². The third kappa shape index (κ3) is 5.19. The number of carbonyl (C=O) groups is 3. The van der Waals surface area contributed by atoms with Crippen molar-refractivity contribution >= 4 is 17.8 Å². The highest BCUT2D eigenvalue weighted by Gasteiger charge is 2.30. The van der Waals surface area contributed by atoms with Crippen molar-refractivity contribution < 1.29 is 24.2 Å². The van der Waals surface area contributed by atoms with Gasteiger partial charge in [-0.2, -0.15) is 0 Å². The van der Waals surface area contributed by atoms with Gasteiger partial charge >= 0.3 is 11.9 Å². The first kappa shape index (κ1) is 16.5. The number of amides is 1. The van der Waals surface area contributed by atoms with Crippen molar-refractivity contribution in [1.29, 1.82) is 0 Å². The van der Waals surface area contributed by atoms with Crippen molar-refractivity contribution in [3.8, 4) is 0 Å². The van der Waals surface area contributed by atoms with Gasteiger partial charge in [-0.3, -0.25) is 9.59 Å². The number of nitrogens with one attached hydrogen (secondary N) is 1. The fraction of sp³-hybridized carbons (Fsp3) is 0.786. The molecule has 1 aliphatic carbocycles. The van der Waals surface area contributed by atoms with Gasteiger partial charge in [0.2, 0.25) is 5.91 Å². The first-order valence-corrected chi connectivity index (χ1v) is 6.93. The van der Waals surface area contributed by atoms with E-state index in [0.717, 1.165) is 25.7 Å². The van der Waals surface area contributed by atoms with E-state index in [2.05, 4.69) is 5.32 Å². The molecule has 1 atom stereocenters. The van der Waals surface area contributed by atoms with Crippen molar-refractivity contribution in [2.75, 3.05) is 0 Å². The van der Waals surface area contributed by atoms with Crippen LogP contribution in [0.5, 0.6) is 0 Å². The van der Waals surface area contributed by atoms with E-state index in [1.807, 2.05) is 0 Å². The maximum Gasteiger partial charge on any atom is 0.326 e. The summed E-state index contributed by atoms with van der Waals surface area (Å²) in [5, 5.41) is 11.4. The molecule has 1 amide bonds. The highest BCUT2D eigenvalue weighted by atomic mass is 16.5. The Kier molecular flexibility index (Phi) is 5.53. The van der Waals surface area contributed by atoms with E-state index in [9.17, 15) is 14.4 Å². The van der Waals surface area contributed by atoms with Gasteiger partial charge in [-0.05, 0) is 25.7 Å². The number of esters is 1. The molecule has 0 aromatic carbocycles. The molecule has 0 aliphatic heterocycles. The van der Waals surface area contributed by atoms with E-state index in [-0.39, 0.29) is 12.5 Å². The Hall–Kier alpha value is -1.59. The SMILES string of the molecule is CC(C)(C)C(=O)N[C@@H](CC(=O)OC1CCCC1)C(=O)O. The second kappa shape index (κ2) is 6.72. The van der Waals surface area contributed by atoms with Crippen LogP contribution in [-0.2, 0) is 19.1 Å². The summed E-state index contributed by atoms with van der Waals surface area (Å²) in [6.45, 7) is 5.04. The van der Waals surface area contributed by atoms with Gasteiger partial charge in [-0.1, -0.05) is 20.8 Å². The highest BCUT2D eigenvalue weighted by molar-refractivity contribution is 5.89. The van der Waals surface area contributed by atoms with Crippen molar-refractivity contribution in [2.24, 2.45) is 5.41 Å². The number of hydrogen-bond acceptors (Lipinski definition) is 4. The fourth-order valence-electron chi connectivity index (χ4n) is 1.98. The van der Waals surface area contributed by atoms with Gasteiger partial charge in [0, 0.05) is 5.41 Å². The molecular weight excluding hydrogens is 262 g/mol. The van der Waals surface area contributed by atoms with Crippen LogP contribution in [-0.4, -0.2) is 35.1 Å². The lowest BCUT2D eigenvalue weighted by Gasteiger charge is -2.22. The molecule has 0 unspecified atom stereocenters. The first-order valence-electron chi connectivity index (χ1n) is 6.93. The smallest absolute Gasteiger partial charge is 0.326 e. The predicted octanol–water partition coefficient (Wildman–Crippen LogP) is 1.48. The van der Waals surface area contributed by atoms with Gasteiger partial charge in [0.25, 0.3) is 0 Å². The van der Waals surface area contributed by atoms with Gasteiger partial charge < -0.3 is 15.2 Å². The first-order chi connectivity index (χ1) is 9.20. The molecule has 0 radical (unpaired) electrons. The van der Waals surface area contributed by atoms with Crippen LogP contribution in [0.25, 0.3) is 0 Å². The maximum atomic E-state index is 11.8. The van der Waals surface area contributed by atoms with Crippen LogP contribution in [0.4, 0.5) is 0 Å². The Morgan fingerprint density at radius 1 is 1.25 bits per heavy atom. The molecule has 20 heavy (non-hydrogen) atoms. The Balaban J connectivity index is 2.51. The molecule has 0 saturated heterocycles. The van der Waals surface area contributed by atoms with Gasteiger partial charge in [-0.25, -0.2) is 4.79 Å². The summed E-state index contributed by atoms with van der Waals surface area (Å²) in [6, 6.07) is -1.24. The average molecular weight is 285 g/mol. The molecule has 1 rings (SSSR count). The van der Waals surface area contributed by atoms with Crippen LogP contribution >= 0.6 is 0 Å². The van der Waals surface area contributed by atoms with Gasteiger partial charge in [0.05, 0.1) is 6.42 Å². The Labute approximate surface area is 118 Å². The molecule has 1 fully saturated rings. The van der Waals surface area contributed by atoms with Crippen LogP contribution in [0.15, 0.2) is 0 Å². The van der Waals surface area contributed by atoms with Gasteiger partial charge in [0.15, 0.2) is 0 Å². The Morgan fingerprint density at radius 3 is 2.25 bits per heavy atom. The fourth-order valence-corrected chi connectivity index (χ4v) is 1.98. The normalized spacial score (nSPS) is 17.6. The standard InChI is InChI=1S/C14H23NO5/c1-14(2,3)13(19)15-10(12(17)18)8-11(16)20-9-6-4-5-7-9/h9-10H,4-8H2,1-3H3,(H,15,19)(H,17,18)/t10-/m0/s1. The average Bonchev–Trinajstić information content (AvgIpc) is 2.79. The molecule has 0 aromatic rings. The summed E-state index contributed by atoms with van der Waals surface area (Å²) < 4.78 is 5.21. The number of aliphatic carboxylic acids is 1. The molecule has 0 aromatic heterocycles. The minimum atomic E-state index is -1.24. The van der Waals surface area contributed by atoms with Crippen molar-refractivity contribution in [2.45, 2.75) is 65.0 Å². The Morgan fingerprint density at radius 2 is 1.80 bits per heavy atom. The van der Waals surface area contributed by atoms with E-state index in [0.29, 0.717) is 0 Å². The van der Waals surface area contributed by atoms with Crippen LogP contribution in [0.3, 0.4) is 0 Å². The van der Waals surface area contributed by atoms with E-state index >= 15 is 0 Å². The largest absolute Gasteiger partial charge is 0.480 e. The van der Waals surface area contributed by atoms with Crippen molar-refractivity contribution in [1.82, 2.24) is 5.32 Å². The topological polar surface area (TPSA) is 92.7 Å². The molecule has 2 N–H and O–H groups in total. The number of carboxylic acids is 1. The van der Waals surface area contributed by atoms with Crippen LogP contribution in [0, 0.1) is 5.41 Å². The summed E-state index contributed by atoms with van der Waals surface area (Å²) in [5.41, 5.74) is -0.705. The molecule has 0 bridgehead atoms. The van der Waals surface area contributed by atoms with E-state index in [4.69, 9.17) is 9.84 Å². The molecule has 1 saturated carbocycles. The summed E-state index contributed by atoms with van der Waals surface area (Å²) in [7, 11) is 0.